The number of hydroxylamine groups is 1. The van der Waals surface area contributed by atoms with Crippen molar-refractivity contribution < 1.29 is 33.1 Å². The summed E-state index contributed by atoms with van der Waals surface area (Å²) in [5, 5.41) is 17.2. The van der Waals surface area contributed by atoms with E-state index in [0.29, 0.717) is 5.56 Å². The maximum atomic E-state index is 11.5. The number of para-hydroxylation sites is 1. The summed E-state index contributed by atoms with van der Waals surface area (Å²) >= 11 is 0. The average Bonchev–Trinajstić information content (AvgIpc) is 3.12. The number of nitrogens with one attached hydrogen (secondary N) is 1. The van der Waals surface area contributed by atoms with E-state index in [1.807, 2.05) is 18.2 Å². The van der Waals surface area contributed by atoms with Crippen LogP contribution in [0.2, 0.25) is 0 Å². The van der Waals surface area contributed by atoms with Crippen molar-refractivity contribution in [2.45, 2.75) is 25.7 Å². The summed E-state index contributed by atoms with van der Waals surface area (Å²) in [6.07, 6.45) is -2.10. The van der Waals surface area contributed by atoms with Gasteiger partial charge in [-0.1, -0.05) is 36.4 Å². The second-order valence-electron chi connectivity index (χ2n) is 7.74. The van der Waals surface area contributed by atoms with Crippen molar-refractivity contribution in [2.24, 2.45) is 0 Å². The van der Waals surface area contributed by atoms with E-state index in [4.69, 9.17) is 15.1 Å². The number of halogens is 3. The summed E-state index contributed by atoms with van der Waals surface area (Å²) in [7, 11) is 0. The van der Waals surface area contributed by atoms with Gasteiger partial charge in [-0.3, -0.25) is 14.9 Å². The van der Waals surface area contributed by atoms with E-state index in [9.17, 15) is 18.0 Å². The third-order valence-corrected chi connectivity index (χ3v) is 5.53. The number of alkyl halides is 3. The molecule has 10 heteroatoms. The minimum atomic E-state index is -5.08. The monoisotopic (exact) mass is 475 g/mol. The molecule has 1 amide bonds. The Labute approximate surface area is 193 Å². The smallest absolute Gasteiger partial charge is 0.475 e. The number of carbonyl (C=O) groups excluding carboxylic acids is 1. The van der Waals surface area contributed by atoms with Gasteiger partial charge in [0, 0.05) is 54.8 Å². The number of carboxylic acid groups (broad SMARTS) is 1. The van der Waals surface area contributed by atoms with Gasteiger partial charge in [-0.2, -0.15) is 13.2 Å². The standard InChI is InChI=1S/C22H23N3O2.C2HF3O2/c1-2-12-24-13-11-21-19(15-24)18-5-3-4-6-20(18)25(21)14-16-7-9-17(10-8-16)22(26)23-27;3-2(4,5)1(6)7/h2-10,27H,1,11-15H2,(H,23,26);(H,6,7). The lowest BCUT2D eigenvalue weighted by Crippen LogP contribution is -2.31. The largest absolute Gasteiger partial charge is 0.490 e. The molecule has 2 aromatic carbocycles. The second kappa shape index (κ2) is 10.5. The number of hydrogen-bond acceptors (Lipinski definition) is 4. The molecule has 0 saturated carbocycles. The normalized spacial score (nSPS) is 13.5. The number of amides is 1. The molecule has 180 valence electrons. The number of rotatable bonds is 5. The molecule has 0 radical (unpaired) electrons. The third-order valence-electron chi connectivity index (χ3n) is 5.53. The Morgan fingerprint density at radius 2 is 1.76 bits per heavy atom. The number of benzene rings is 2. The molecule has 1 aliphatic heterocycles. The van der Waals surface area contributed by atoms with E-state index in [1.54, 1.807) is 17.6 Å². The number of fused-ring (bicyclic) bond motifs is 3. The first kappa shape index (κ1) is 25.0. The fourth-order valence-corrected chi connectivity index (χ4v) is 3.98. The Morgan fingerprint density at radius 1 is 1.12 bits per heavy atom. The highest BCUT2D eigenvalue weighted by atomic mass is 19.4. The molecule has 0 saturated heterocycles. The van der Waals surface area contributed by atoms with Gasteiger partial charge in [0.2, 0.25) is 0 Å². The van der Waals surface area contributed by atoms with Gasteiger partial charge < -0.3 is 9.67 Å². The summed E-state index contributed by atoms with van der Waals surface area (Å²) in [5.41, 5.74) is 7.30. The number of carbonyl (C=O) groups is 2. The number of aromatic nitrogens is 1. The van der Waals surface area contributed by atoms with Gasteiger partial charge in [-0.15, -0.1) is 6.58 Å². The molecule has 7 nitrogen and oxygen atoms in total. The van der Waals surface area contributed by atoms with Crippen molar-refractivity contribution in [1.82, 2.24) is 14.9 Å². The lowest BCUT2D eigenvalue weighted by atomic mass is 10.0. The molecule has 34 heavy (non-hydrogen) atoms. The Hall–Kier alpha value is -3.63. The quantitative estimate of drug-likeness (QED) is 0.295. The zero-order valence-electron chi connectivity index (χ0n) is 18.2. The minimum Gasteiger partial charge on any atom is -0.475 e. The Balaban J connectivity index is 0.000000406. The highest BCUT2D eigenvalue weighted by Gasteiger charge is 2.38. The van der Waals surface area contributed by atoms with Crippen LogP contribution in [0.15, 0.2) is 61.2 Å². The van der Waals surface area contributed by atoms with Crippen molar-refractivity contribution in [1.29, 1.82) is 0 Å². The predicted octanol–water partition coefficient (Wildman–Crippen LogP) is 3.99. The van der Waals surface area contributed by atoms with E-state index in [-0.39, 0.29) is 0 Å². The fourth-order valence-electron chi connectivity index (χ4n) is 3.98. The highest BCUT2D eigenvalue weighted by molar-refractivity contribution is 5.93. The van der Waals surface area contributed by atoms with E-state index >= 15 is 0 Å². The zero-order valence-corrected chi connectivity index (χ0v) is 18.2. The number of hydrogen-bond donors (Lipinski definition) is 3. The lowest BCUT2D eigenvalue weighted by Gasteiger charge is -2.27. The molecule has 1 aromatic heterocycles. The average molecular weight is 475 g/mol. The van der Waals surface area contributed by atoms with Crippen LogP contribution in [0.25, 0.3) is 10.9 Å². The zero-order chi connectivity index (χ0) is 24.9. The van der Waals surface area contributed by atoms with Crippen LogP contribution in [0, 0.1) is 0 Å². The molecule has 0 fully saturated rings. The van der Waals surface area contributed by atoms with E-state index < -0.39 is 18.1 Å². The van der Waals surface area contributed by atoms with Gasteiger partial charge in [0.25, 0.3) is 5.91 Å². The topological polar surface area (TPSA) is 94.8 Å². The third kappa shape index (κ3) is 5.64. The Bertz CT molecular complexity index is 1190. The van der Waals surface area contributed by atoms with Crippen LogP contribution in [-0.2, 0) is 24.3 Å². The van der Waals surface area contributed by atoms with Crippen LogP contribution in [0.4, 0.5) is 13.2 Å². The maximum Gasteiger partial charge on any atom is 0.490 e. The molecule has 0 aliphatic carbocycles. The van der Waals surface area contributed by atoms with Gasteiger partial charge in [0.05, 0.1) is 0 Å². The molecule has 3 N–H and O–H groups in total. The van der Waals surface area contributed by atoms with Crippen molar-refractivity contribution >= 4 is 22.8 Å². The van der Waals surface area contributed by atoms with Gasteiger partial charge in [-0.25, -0.2) is 10.3 Å². The van der Waals surface area contributed by atoms with Crippen molar-refractivity contribution in [3.05, 3.63) is 83.6 Å². The summed E-state index contributed by atoms with van der Waals surface area (Å²) in [6, 6.07) is 15.9. The van der Waals surface area contributed by atoms with Gasteiger partial charge in [-0.05, 0) is 29.3 Å². The van der Waals surface area contributed by atoms with E-state index in [0.717, 1.165) is 38.2 Å². The van der Waals surface area contributed by atoms with Crippen molar-refractivity contribution in [3.63, 3.8) is 0 Å². The molecule has 4 rings (SSSR count). The molecule has 0 spiro atoms. The van der Waals surface area contributed by atoms with Crippen molar-refractivity contribution in [3.8, 4) is 0 Å². The Kier molecular flexibility index (Phi) is 7.75. The SMILES string of the molecule is C=CCN1CCc2c(c3ccccc3n2Cc2ccc(C(=O)NO)cc2)C1.O=C(O)C(F)(F)F. The van der Waals surface area contributed by atoms with Crippen LogP contribution in [-0.4, -0.2) is 50.9 Å². The van der Waals surface area contributed by atoms with Crippen molar-refractivity contribution in [2.75, 3.05) is 13.1 Å². The van der Waals surface area contributed by atoms with E-state index in [2.05, 4.69) is 40.3 Å². The summed E-state index contributed by atoms with van der Waals surface area (Å²) < 4.78 is 34.1. The maximum absolute atomic E-state index is 11.5. The second-order valence-corrected chi connectivity index (χ2v) is 7.74. The van der Waals surface area contributed by atoms with Crippen LogP contribution < -0.4 is 5.48 Å². The molecule has 0 bridgehead atoms. The van der Waals surface area contributed by atoms with Crippen LogP contribution in [0.5, 0.6) is 0 Å². The van der Waals surface area contributed by atoms with Gasteiger partial charge in [0.1, 0.15) is 0 Å². The highest BCUT2D eigenvalue weighted by Crippen LogP contribution is 2.31. The first-order valence-electron chi connectivity index (χ1n) is 10.4. The lowest BCUT2D eigenvalue weighted by molar-refractivity contribution is -0.192. The summed E-state index contributed by atoms with van der Waals surface area (Å²) in [6.45, 7) is 7.52. The predicted molar refractivity (Wildman–Crippen MR) is 120 cm³/mol. The van der Waals surface area contributed by atoms with Crippen LogP contribution in [0.3, 0.4) is 0 Å². The molecule has 0 atom stereocenters. The molecule has 3 aromatic rings. The summed E-state index contributed by atoms with van der Waals surface area (Å²) in [5.74, 6) is -3.25. The fraction of sp³-hybridized carbons (Fsp3) is 0.250. The number of carboxylic acids is 1. The van der Waals surface area contributed by atoms with Crippen LogP contribution in [0.1, 0.15) is 27.2 Å². The first-order chi connectivity index (χ1) is 16.2. The minimum absolute atomic E-state index is 0.445. The van der Waals surface area contributed by atoms with Gasteiger partial charge in [0.15, 0.2) is 0 Å². The van der Waals surface area contributed by atoms with E-state index in [1.165, 1.54) is 22.2 Å². The molecular formula is C24H24F3N3O4. The first-order valence-corrected chi connectivity index (χ1v) is 10.4. The molecule has 1 aliphatic rings. The van der Waals surface area contributed by atoms with Gasteiger partial charge >= 0.3 is 12.1 Å². The van der Waals surface area contributed by atoms with Crippen LogP contribution >= 0.6 is 0 Å². The number of nitrogens with zero attached hydrogens (tertiary/aromatic N) is 2. The molecule has 2 heterocycles. The molecule has 0 unspecified atom stereocenters. The summed E-state index contributed by atoms with van der Waals surface area (Å²) in [4.78, 5) is 22.8. The molecular weight excluding hydrogens is 451 g/mol. The number of aliphatic carboxylic acids is 1. The Morgan fingerprint density at radius 3 is 2.35 bits per heavy atom.